The minimum absolute atomic E-state index is 0.0635. The molecule has 0 aromatic carbocycles. The lowest BCUT2D eigenvalue weighted by atomic mass is 10.2. The maximum absolute atomic E-state index is 12.0. The Labute approximate surface area is 107 Å². The second kappa shape index (κ2) is 6.61. The van der Waals surface area contributed by atoms with E-state index >= 15 is 0 Å². The molecule has 1 saturated heterocycles. The average molecular weight is 280 g/mol. The predicted molar refractivity (Wildman–Crippen MR) is 70.8 cm³/mol. The predicted octanol–water partition coefficient (Wildman–Crippen LogP) is -0.286. The van der Waals surface area contributed by atoms with Gasteiger partial charge in [0.1, 0.15) is 0 Å². The SMILES string of the molecule is CSCC[C@H](N)C(=O)N1CCCS(=O)(=O)CC1. The number of carbonyl (C=O) groups is 1. The molecule has 0 saturated carbocycles. The molecule has 0 spiro atoms. The standard InChI is InChI=1S/C10H20N2O3S2/c1-16-6-3-9(11)10(13)12-4-2-7-17(14,15)8-5-12/h9H,2-8,11H2,1H3/t9-/m0/s1. The summed E-state index contributed by atoms with van der Waals surface area (Å²) < 4.78 is 22.8. The van der Waals surface area contributed by atoms with Crippen molar-refractivity contribution in [3.8, 4) is 0 Å². The summed E-state index contributed by atoms with van der Waals surface area (Å²) in [6.07, 6.45) is 3.13. The Kier molecular flexibility index (Phi) is 5.75. The van der Waals surface area contributed by atoms with E-state index in [1.165, 1.54) is 0 Å². The van der Waals surface area contributed by atoms with Gasteiger partial charge in [0.2, 0.25) is 5.91 Å². The van der Waals surface area contributed by atoms with Crippen LogP contribution in [0.3, 0.4) is 0 Å². The molecule has 1 rings (SSSR count). The smallest absolute Gasteiger partial charge is 0.239 e. The van der Waals surface area contributed by atoms with Gasteiger partial charge in [-0.25, -0.2) is 8.42 Å². The highest BCUT2D eigenvalue weighted by Crippen LogP contribution is 2.08. The lowest BCUT2D eigenvalue weighted by molar-refractivity contribution is -0.132. The average Bonchev–Trinajstić information content (AvgIpc) is 2.46. The van der Waals surface area contributed by atoms with Crippen LogP contribution >= 0.6 is 11.8 Å². The summed E-state index contributed by atoms with van der Waals surface area (Å²) in [5.74, 6) is 0.972. The highest BCUT2D eigenvalue weighted by molar-refractivity contribution is 7.98. The van der Waals surface area contributed by atoms with Gasteiger partial charge in [-0.1, -0.05) is 0 Å². The van der Waals surface area contributed by atoms with Crippen LogP contribution in [0.2, 0.25) is 0 Å². The molecule has 0 aromatic heterocycles. The Morgan fingerprint density at radius 2 is 2.12 bits per heavy atom. The fourth-order valence-electron chi connectivity index (χ4n) is 1.76. The third-order valence-corrected chi connectivity index (χ3v) is 5.18. The molecule has 7 heteroatoms. The summed E-state index contributed by atoms with van der Waals surface area (Å²) in [7, 11) is -2.97. The third kappa shape index (κ3) is 4.85. The van der Waals surface area contributed by atoms with Crippen LogP contribution < -0.4 is 5.73 Å². The zero-order valence-electron chi connectivity index (χ0n) is 10.1. The number of hydrogen-bond acceptors (Lipinski definition) is 5. The van der Waals surface area contributed by atoms with E-state index in [0.29, 0.717) is 19.4 Å². The Balaban J connectivity index is 2.52. The van der Waals surface area contributed by atoms with Crippen molar-refractivity contribution in [2.75, 3.05) is 36.6 Å². The van der Waals surface area contributed by atoms with Gasteiger partial charge in [-0.3, -0.25) is 4.79 Å². The number of nitrogens with two attached hydrogens (primary N) is 1. The van der Waals surface area contributed by atoms with Crippen molar-refractivity contribution in [3.63, 3.8) is 0 Å². The fraction of sp³-hybridized carbons (Fsp3) is 0.900. The molecular weight excluding hydrogens is 260 g/mol. The quantitative estimate of drug-likeness (QED) is 0.765. The molecule has 1 atom stereocenters. The van der Waals surface area contributed by atoms with E-state index in [4.69, 9.17) is 5.73 Å². The van der Waals surface area contributed by atoms with E-state index in [1.807, 2.05) is 6.26 Å². The van der Waals surface area contributed by atoms with Gasteiger partial charge in [0.15, 0.2) is 9.84 Å². The molecule has 1 heterocycles. The summed E-state index contributed by atoms with van der Waals surface area (Å²) in [5, 5.41) is 0. The molecule has 0 aliphatic carbocycles. The molecule has 0 unspecified atom stereocenters. The van der Waals surface area contributed by atoms with Crippen LogP contribution in [0.5, 0.6) is 0 Å². The lowest BCUT2D eigenvalue weighted by Crippen LogP contribution is -2.45. The van der Waals surface area contributed by atoms with Crippen LogP contribution in [-0.2, 0) is 14.6 Å². The summed E-state index contributed by atoms with van der Waals surface area (Å²) >= 11 is 1.65. The molecule has 0 aromatic rings. The normalized spacial score (nSPS) is 21.9. The molecule has 2 N–H and O–H groups in total. The van der Waals surface area contributed by atoms with Crippen molar-refractivity contribution in [1.29, 1.82) is 0 Å². The highest BCUT2D eigenvalue weighted by Gasteiger charge is 2.25. The minimum atomic E-state index is -2.97. The maximum Gasteiger partial charge on any atom is 0.239 e. The van der Waals surface area contributed by atoms with Crippen molar-refractivity contribution in [1.82, 2.24) is 4.90 Å². The summed E-state index contributed by atoms with van der Waals surface area (Å²) in [6, 6.07) is -0.497. The van der Waals surface area contributed by atoms with E-state index in [1.54, 1.807) is 16.7 Å². The second-order valence-electron chi connectivity index (χ2n) is 4.22. The van der Waals surface area contributed by atoms with Gasteiger partial charge in [0.05, 0.1) is 17.5 Å². The molecular formula is C10H20N2O3S2. The number of carbonyl (C=O) groups excluding carboxylic acids is 1. The van der Waals surface area contributed by atoms with E-state index in [2.05, 4.69) is 0 Å². The van der Waals surface area contributed by atoms with Gasteiger partial charge in [0, 0.05) is 13.1 Å². The van der Waals surface area contributed by atoms with Crippen LogP contribution in [0.1, 0.15) is 12.8 Å². The summed E-state index contributed by atoms with van der Waals surface area (Å²) in [6.45, 7) is 0.791. The van der Waals surface area contributed by atoms with E-state index in [-0.39, 0.29) is 24.0 Å². The van der Waals surface area contributed by atoms with E-state index in [9.17, 15) is 13.2 Å². The molecule has 1 aliphatic rings. The highest BCUT2D eigenvalue weighted by atomic mass is 32.2. The second-order valence-corrected chi connectivity index (χ2v) is 7.51. The molecule has 0 bridgehead atoms. The summed E-state index contributed by atoms with van der Waals surface area (Å²) in [5.41, 5.74) is 5.80. The fourth-order valence-corrected chi connectivity index (χ4v) is 3.52. The zero-order chi connectivity index (χ0) is 12.9. The first-order valence-electron chi connectivity index (χ1n) is 5.70. The largest absolute Gasteiger partial charge is 0.340 e. The van der Waals surface area contributed by atoms with Crippen molar-refractivity contribution < 1.29 is 13.2 Å². The van der Waals surface area contributed by atoms with Crippen LogP contribution in [0.25, 0.3) is 0 Å². The first kappa shape index (κ1) is 14.8. The Morgan fingerprint density at radius 3 is 2.76 bits per heavy atom. The Bertz CT molecular complexity index is 357. The number of hydrogen-bond donors (Lipinski definition) is 1. The topological polar surface area (TPSA) is 80.5 Å². The molecule has 5 nitrogen and oxygen atoms in total. The van der Waals surface area contributed by atoms with Gasteiger partial charge < -0.3 is 10.6 Å². The number of rotatable bonds is 4. The van der Waals surface area contributed by atoms with Gasteiger partial charge in [-0.05, 0) is 24.9 Å². The van der Waals surface area contributed by atoms with Crippen molar-refractivity contribution in [3.05, 3.63) is 0 Å². The zero-order valence-corrected chi connectivity index (χ0v) is 11.7. The van der Waals surface area contributed by atoms with Crippen molar-refractivity contribution in [2.24, 2.45) is 5.73 Å². The van der Waals surface area contributed by atoms with Crippen LogP contribution in [0.15, 0.2) is 0 Å². The number of amides is 1. The Morgan fingerprint density at radius 1 is 1.41 bits per heavy atom. The summed E-state index contributed by atoms with van der Waals surface area (Å²) in [4.78, 5) is 13.6. The van der Waals surface area contributed by atoms with Crippen molar-refractivity contribution in [2.45, 2.75) is 18.9 Å². The van der Waals surface area contributed by atoms with E-state index in [0.717, 1.165) is 5.75 Å². The monoisotopic (exact) mass is 280 g/mol. The van der Waals surface area contributed by atoms with Crippen LogP contribution in [0, 0.1) is 0 Å². The molecule has 1 amide bonds. The first-order chi connectivity index (χ1) is 7.96. The molecule has 0 radical (unpaired) electrons. The number of thioether (sulfide) groups is 1. The molecule has 17 heavy (non-hydrogen) atoms. The number of sulfone groups is 1. The maximum atomic E-state index is 12.0. The van der Waals surface area contributed by atoms with Gasteiger partial charge in [0.25, 0.3) is 0 Å². The molecule has 1 aliphatic heterocycles. The van der Waals surface area contributed by atoms with Crippen LogP contribution in [-0.4, -0.2) is 61.9 Å². The van der Waals surface area contributed by atoms with Gasteiger partial charge in [-0.2, -0.15) is 11.8 Å². The number of nitrogens with zero attached hydrogens (tertiary/aromatic N) is 1. The third-order valence-electron chi connectivity index (χ3n) is 2.82. The minimum Gasteiger partial charge on any atom is -0.340 e. The van der Waals surface area contributed by atoms with E-state index < -0.39 is 15.9 Å². The van der Waals surface area contributed by atoms with Gasteiger partial charge in [-0.15, -0.1) is 0 Å². The molecule has 1 fully saturated rings. The lowest BCUT2D eigenvalue weighted by Gasteiger charge is -2.23. The molecule has 100 valence electrons. The van der Waals surface area contributed by atoms with Gasteiger partial charge >= 0.3 is 0 Å². The Hall–Kier alpha value is -0.270. The van der Waals surface area contributed by atoms with Crippen molar-refractivity contribution >= 4 is 27.5 Å². The first-order valence-corrected chi connectivity index (χ1v) is 8.91. The van der Waals surface area contributed by atoms with Crippen LogP contribution in [0.4, 0.5) is 0 Å².